The van der Waals surface area contributed by atoms with Crippen LogP contribution in [0.2, 0.25) is 0 Å². The molecule has 0 spiro atoms. The highest BCUT2D eigenvalue weighted by Gasteiger charge is 2.41. The predicted molar refractivity (Wildman–Crippen MR) is 68.3 cm³/mol. The fraction of sp³-hybridized carbons (Fsp3) is 0.500. The highest BCUT2D eigenvalue weighted by molar-refractivity contribution is 5.95. The molecule has 18 heavy (non-hydrogen) atoms. The van der Waals surface area contributed by atoms with Crippen LogP contribution < -0.4 is 11.1 Å². The molecule has 2 aliphatic heterocycles. The van der Waals surface area contributed by atoms with Gasteiger partial charge in [-0.15, -0.1) is 0 Å². The Kier molecular flexibility index (Phi) is 2.80. The molecular weight excluding hydrogens is 232 g/mol. The molecule has 6 heteroatoms. The van der Waals surface area contributed by atoms with E-state index < -0.39 is 5.97 Å². The number of hydrogen-bond acceptors (Lipinski definition) is 6. The zero-order chi connectivity index (χ0) is 13.5. The molecular formula is C12H18N4O2. The Morgan fingerprint density at radius 3 is 2.78 bits per heavy atom. The van der Waals surface area contributed by atoms with E-state index in [1.165, 1.54) is 7.11 Å². The number of rotatable bonds is 1. The van der Waals surface area contributed by atoms with Crippen LogP contribution in [0.1, 0.15) is 20.8 Å². The van der Waals surface area contributed by atoms with E-state index in [1.807, 2.05) is 4.90 Å². The molecule has 2 aliphatic rings. The van der Waals surface area contributed by atoms with Gasteiger partial charge in [-0.1, -0.05) is 0 Å². The van der Waals surface area contributed by atoms with Crippen LogP contribution in [0.4, 0.5) is 0 Å². The molecule has 0 saturated carbocycles. The quantitative estimate of drug-likeness (QED) is 0.654. The van der Waals surface area contributed by atoms with Gasteiger partial charge in [-0.2, -0.15) is 0 Å². The summed E-state index contributed by atoms with van der Waals surface area (Å²) >= 11 is 0. The first-order valence-corrected chi connectivity index (χ1v) is 5.73. The number of fused-ring (bicyclic) bond motifs is 1. The van der Waals surface area contributed by atoms with Crippen molar-refractivity contribution in [1.82, 2.24) is 10.2 Å². The topological polar surface area (TPSA) is 80.0 Å². The van der Waals surface area contributed by atoms with Crippen LogP contribution in [-0.2, 0) is 9.53 Å². The fourth-order valence-corrected chi connectivity index (χ4v) is 2.08. The SMILES string of the molecule is COC(=O)C1=CN(C(C)(C)C)C2N=CNC(N)=C12. The first-order chi connectivity index (χ1) is 8.36. The van der Waals surface area contributed by atoms with Crippen molar-refractivity contribution in [2.24, 2.45) is 10.7 Å². The second-order valence-corrected chi connectivity index (χ2v) is 5.24. The van der Waals surface area contributed by atoms with Crippen LogP contribution in [0.5, 0.6) is 0 Å². The molecule has 6 nitrogen and oxygen atoms in total. The minimum atomic E-state index is -0.399. The number of aliphatic imine (C=N–C) groups is 1. The fourth-order valence-electron chi connectivity index (χ4n) is 2.08. The Morgan fingerprint density at radius 1 is 1.56 bits per heavy atom. The van der Waals surface area contributed by atoms with Gasteiger partial charge in [-0.25, -0.2) is 9.79 Å². The molecule has 0 bridgehead atoms. The van der Waals surface area contributed by atoms with Gasteiger partial charge in [0.05, 0.1) is 24.6 Å². The highest BCUT2D eigenvalue weighted by Crippen LogP contribution is 2.36. The second-order valence-electron chi connectivity index (χ2n) is 5.24. The van der Waals surface area contributed by atoms with E-state index in [9.17, 15) is 4.79 Å². The van der Waals surface area contributed by atoms with Crippen molar-refractivity contribution in [2.45, 2.75) is 32.5 Å². The second kappa shape index (κ2) is 4.04. The molecule has 0 aliphatic carbocycles. The molecule has 0 amide bonds. The molecule has 0 fully saturated rings. The summed E-state index contributed by atoms with van der Waals surface area (Å²) in [4.78, 5) is 18.1. The summed E-state index contributed by atoms with van der Waals surface area (Å²) in [5, 5.41) is 2.82. The molecule has 1 unspecified atom stereocenters. The molecule has 0 saturated heterocycles. The normalized spacial score (nSPS) is 22.6. The average Bonchev–Trinajstić information content (AvgIpc) is 2.68. The maximum atomic E-state index is 11.8. The summed E-state index contributed by atoms with van der Waals surface area (Å²) in [7, 11) is 1.36. The number of nitrogens with zero attached hydrogens (tertiary/aromatic N) is 2. The van der Waals surface area contributed by atoms with Crippen molar-refractivity contribution in [3.63, 3.8) is 0 Å². The van der Waals surface area contributed by atoms with Crippen molar-refractivity contribution in [3.8, 4) is 0 Å². The van der Waals surface area contributed by atoms with E-state index >= 15 is 0 Å². The van der Waals surface area contributed by atoms with E-state index in [0.29, 0.717) is 17.0 Å². The molecule has 2 heterocycles. The van der Waals surface area contributed by atoms with E-state index in [0.717, 1.165) is 0 Å². The number of ether oxygens (including phenoxy) is 1. The van der Waals surface area contributed by atoms with Crippen molar-refractivity contribution >= 4 is 12.3 Å². The van der Waals surface area contributed by atoms with Gasteiger partial charge >= 0.3 is 5.97 Å². The first kappa shape index (κ1) is 12.5. The van der Waals surface area contributed by atoms with Crippen LogP contribution in [0.25, 0.3) is 0 Å². The van der Waals surface area contributed by atoms with Crippen LogP contribution in [0, 0.1) is 0 Å². The third kappa shape index (κ3) is 1.83. The summed E-state index contributed by atoms with van der Waals surface area (Å²) < 4.78 is 4.79. The van der Waals surface area contributed by atoms with Crippen LogP contribution >= 0.6 is 0 Å². The first-order valence-electron chi connectivity index (χ1n) is 5.73. The maximum absolute atomic E-state index is 11.8. The lowest BCUT2D eigenvalue weighted by molar-refractivity contribution is -0.135. The van der Waals surface area contributed by atoms with Gasteiger partial charge in [0.15, 0.2) is 6.17 Å². The molecule has 1 atom stereocenters. The van der Waals surface area contributed by atoms with Gasteiger partial charge < -0.3 is 20.7 Å². The van der Waals surface area contributed by atoms with Gasteiger partial charge in [-0.3, -0.25) is 0 Å². The summed E-state index contributed by atoms with van der Waals surface area (Å²) in [6.07, 6.45) is 3.06. The van der Waals surface area contributed by atoms with Crippen molar-refractivity contribution in [2.75, 3.05) is 7.11 Å². The Bertz CT molecular complexity index is 471. The third-order valence-electron chi connectivity index (χ3n) is 2.99. The predicted octanol–water partition coefficient (Wildman–Crippen LogP) is 0.285. The smallest absolute Gasteiger partial charge is 0.339 e. The number of carbonyl (C=O) groups excluding carboxylic acids is 1. The summed E-state index contributed by atoms with van der Waals surface area (Å²) in [6, 6.07) is 0. The average molecular weight is 250 g/mol. The molecule has 2 rings (SSSR count). The molecule has 0 aromatic carbocycles. The third-order valence-corrected chi connectivity index (χ3v) is 2.99. The zero-order valence-electron chi connectivity index (χ0n) is 11.0. The van der Waals surface area contributed by atoms with E-state index in [-0.39, 0.29) is 11.7 Å². The lowest BCUT2D eigenvalue weighted by Gasteiger charge is -2.36. The Morgan fingerprint density at radius 2 is 2.22 bits per heavy atom. The van der Waals surface area contributed by atoms with Crippen molar-refractivity contribution in [1.29, 1.82) is 0 Å². The van der Waals surface area contributed by atoms with Gasteiger partial charge in [-0.05, 0) is 20.8 Å². The number of methoxy groups -OCH3 is 1. The summed E-state index contributed by atoms with van der Waals surface area (Å²) in [5.74, 6) is 0.0435. The monoisotopic (exact) mass is 250 g/mol. The minimum Gasteiger partial charge on any atom is -0.465 e. The van der Waals surface area contributed by atoms with E-state index in [1.54, 1.807) is 12.5 Å². The van der Waals surface area contributed by atoms with E-state index in [2.05, 4.69) is 31.1 Å². The molecule has 3 N–H and O–H groups in total. The number of hydrogen-bond donors (Lipinski definition) is 2. The molecule has 0 radical (unpaired) electrons. The van der Waals surface area contributed by atoms with Crippen LogP contribution in [0.15, 0.2) is 28.2 Å². The van der Waals surface area contributed by atoms with Crippen molar-refractivity contribution in [3.05, 3.63) is 23.2 Å². The van der Waals surface area contributed by atoms with E-state index in [4.69, 9.17) is 10.5 Å². The zero-order valence-corrected chi connectivity index (χ0v) is 11.0. The Balaban J connectivity index is 2.49. The van der Waals surface area contributed by atoms with Crippen LogP contribution in [0.3, 0.4) is 0 Å². The largest absolute Gasteiger partial charge is 0.465 e. The summed E-state index contributed by atoms with van der Waals surface area (Å²) in [5.41, 5.74) is 6.88. The van der Waals surface area contributed by atoms with Gasteiger partial charge in [0.1, 0.15) is 5.82 Å². The number of carbonyl (C=O) groups is 1. The number of nitrogens with two attached hydrogens (primary N) is 1. The van der Waals surface area contributed by atoms with Crippen molar-refractivity contribution < 1.29 is 9.53 Å². The van der Waals surface area contributed by atoms with Gasteiger partial charge in [0.2, 0.25) is 0 Å². The van der Waals surface area contributed by atoms with Gasteiger partial charge in [0, 0.05) is 11.7 Å². The lowest BCUT2D eigenvalue weighted by atomic mass is 10.0. The maximum Gasteiger partial charge on any atom is 0.339 e. The minimum absolute atomic E-state index is 0.166. The van der Waals surface area contributed by atoms with Crippen LogP contribution in [-0.4, -0.2) is 36.0 Å². The molecule has 0 aromatic rings. The molecule has 98 valence electrons. The highest BCUT2D eigenvalue weighted by atomic mass is 16.5. The number of esters is 1. The Labute approximate surface area is 106 Å². The lowest BCUT2D eigenvalue weighted by Crippen LogP contribution is -2.44. The van der Waals surface area contributed by atoms with Gasteiger partial charge in [0.25, 0.3) is 0 Å². The Hall–Kier alpha value is -1.98. The summed E-state index contributed by atoms with van der Waals surface area (Å²) in [6.45, 7) is 6.15. The standard InChI is InChI=1S/C12H18N4O2/c1-12(2,3)16-5-7(11(17)18-4)8-9(13)14-6-15-10(8)16/h5-6,10H,13H2,1-4H3,(H,14,15). The molecule has 0 aromatic heterocycles. The number of nitrogens with one attached hydrogen (secondary N) is 1.